The maximum absolute atomic E-state index is 12.0. The van der Waals surface area contributed by atoms with Gasteiger partial charge in [0.2, 0.25) is 15.9 Å². The van der Waals surface area contributed by atoms with Crippen molar-refractivity contribution in [1.82, 2.24) is 9.62 Å². The summed E-state index contributed by atoms with van der Waals surface area (Å²) >= 11 is 0. The second-order valence-electron chi connectivity index (χ2n) is 4.79. The van der Waals surface area contributed by atoms with Crippen LogP contribution in [0.3, 0.4) is 0 Å². The minimum atomic E-state index is -3.59. The molecule has 1 atom stereocenters. The molecule has 112 valence electrons. The Bertz CT molecular complexity index is 551. The van der Waals surface area contributed by atoms with Gasteiger partial charge in [-0.3, -0.25) is 4.79 Å². The van der Waals surface area contributed by atoms with Gasteiger partial charge in [-0.15, -0.1) is 0 Å². The highest BCUT2D eigenvalue weighted by Crippen LogP contribution is 2.14. The van der Waals surface area contributed by atoms with E-state index >= 15 is 0 Å². The molecule has 0 aliphatic rings. The maximum atomic E-state index is 12.0. The van der Waals surface area contributed by atoms with Gasteiger partial charge in [0, 0.05) is 33.1 Å². The molecule has 0 aromatic heterocycles. The number of amides is 1. The molecule has 0 fully saturated rings. The van der Waals surface area contributed by atoms with Crippen molar-refractivity contribution < 1.29 is 13.2 Å². The number of hydrogen-bond donors (Lipinski definition) is 2. The van der Waals surface area contributed by atoms with Gasteiger partial charge < -0.3 is 10.6 Å². The largest absolute Gasteiger partial charge is 0.349 e. The lowest BCUT2D eigenvalue weighted by Crippen LogP contribution is -2.30. The van der Waals surface area contributed by atoms with E-state index in [9.17, 15) is 13.2 Å². The van der Waals surface area contributed by atoms with Gasteiger partial charge in [-0.2, -0.15) is 0 Å². The fraction of sp³-hybridized carbons (Fsp3) is 0.462. The Kier molecular flexibility index (Phi) is 5.67. The number of sulfonamides is 1. The van der Waals surface area contributed by atoms with Crippen molar-refractivity contribution in [3.05, 3.63) is 29.8 Å². The van der Waals surface area contributed by atoms with Crippen molar-refractivity contribution in [1.29, 1.82) is 0 Å². The number of hydrogen-bond acceptors (Lipinski definition) is 4. The van der Waals surface area contributed by atoms with Gasteiger partial charge in [-0.05, 0) is 24.6 Å². The van der Waals surface area contributed by atoms with Crippen molar-refractivity contribution >= 4 is 15.9 Å². The fourth-order valence-electron chi connectivity index (χ4n) is 1.55. The summed E-state index contributed by atoms with van der Waals surface area (Å²) in [5.74, 6) is -0.125. The number of benzene rings is 1. The third-order valence-corrected chi connectivity index (χ3v) is 4.32. The van der Waals surface area contributed by atoms with Crippen LogP contribution in [0.15, 0.2) is 29.2 Å². The van der Waals surface area contributed by atoms with Crippen LogP contribution in [-0.4, -0.2) is 39.9 Å². The molecule has 7 heteroatoms. The van der Waals surface area contributed by atoms with Crippen molar-refractivity contribution in [3.63, 3.8) is 0 Å². The van der Waals surface area contributed by atoms with E-state index in [0.717, 1.165) is 5.56 Å². The molecule has 1 unspecified atom stereocenters. The summed E-state index contributed by atoms with van der Waals surface area (Å²) in [6.07, 6.45) is 0.129. The smallest absolute Gasteiger partial charge is 0.240 e. The van der Waals surface area contributed by atoms with Crippen molar-refractivity contribution in [3.8, 4) is 0 Å². The second kappa shape index (κ2) is 6.83. The molecule has 3 N–H and O–H groups in total. The highest BCUT2D eigenvalue weighted by Gasteiger charge is 2.14. The van der Waals surface area contributed by atoms with Gasteiger partial charge >= 0.3 is 0 Å². The van der Waals surface area contributed by atoms with E-state index in [2.05, 4.69) is 4.72 Å². The van der Waals surface area contributed by atoms with E-state index in [-0.39, 0.29) is 29.8 Å². The molecule has 0 saturated heterocycles. The highest BCUT2D eigenvalue weighted by molar-refractivity contribution is 7.89. The van der Waals surface area contributed by atoms with Crippen LogP contribution < -0.4 is 10.5 Å². The van der Waals surface area contributed by atoms with Gasteiger partial charge in [-0.25, -0.2) is 13.1 Å². The van der Waals surface area contributed by atoms with E-state index in [0.29, 0.717) is 0 Å². The predicted octanol–water partition coefficient (Wildman–Crippen LogP) is 0.463. The SMILES string of the molecule is CC(N)c1ccc(S(=O)(=O)NCCC(=O)N(C)C)cc1. The Balaban J connectivity index is 2.67. The molecule has 0 heterocycles. The average molecular weight is 299 g/mol. The van der Waals surface area contributed by atoms with Crippen molar-refractivity contribution in [2.75, 3.05) is 20.6 Å². The molecule has 0 radical (unpaired) electrons. The Morgan fingerprint density at radius 2 is 1.85 bits per heavy atom. The molecule has 1 aromatic carbocycles. The molecular formula is C13H21N3O3S. The molecule has 1 rings (SSSR count). The lowest BCUT2D eigenvalue weighted by atomic mass is 10.1. The van der Waals surface area contributed by atoms with E-state index in [1.807, 2.05) is 6.92 Å². The Hall–Kier alpha value is -1.44. The zero-order chi connectivity index (χ0) is 15.3. The zero-order valence-corrected chi connectivity index (χ0v) is 12.8. The van der Waals surface area contributed by atoms with Crippen LogP contribution in [0.1, 0.15) is 24.9 Å². The van der Waals surface area contributed by atoms with Crippen molar-refractivity contribution in [2.24, 2.45) is 5.73 Å². The van der Waals surface area contributed by atoms with Crippen LogP contribution in [-0.2, 0) is 14.8 Å². The summed E-state index contributed by atoms with van der Waals surface area (Å²) < 4.78 is 26.4. The minimum Gasteiger partial charge on any atom is -0.349 e. The Labute approximate surface area is 120 Å². The third-order valence-electron chi connectivity index (χ3n) is 2.85. The summed E-state index contributed by atoms with van der Waals surface area (Å²) in [6.45, 7) is 1.91. The van der Waals surface area contributed by atoms with Crippen LogP contribution >= 0.6 is 0 Å². The van der Waals surface area contributed by atoms with Crippen LogP contribution in [0.4, 0.5) is 0 Å². The first-order chi connectivity index (χ1) is 9.24. The van der Waals surface area contributed by atoms with Crippen LogP contribution in [0.5, 0.6) is 0 Å². The van der Waals surface area contributed by atoms with Gasteiger partial charge in [0.25, 0.3) is 0 Å². The maximum Gasteiger partial charge on any atom is 0.240 e. The molecule has 0 aliphatic carbocycles. The lowest BCUT2D eigenvalue weighted by Gasteiger charge is -2.11. The third kappa shape index (κ3) is 4.59. The number of carbonyl (C=O) groups excluding carboxylic acids is 1. The molecule has 0 aliphatic heterocycles. The molecule has 6 nitrogen and oxygen atoms in total. The molecule has 0 bridgehead atoms. The summed E-state index contributed by atoms with van der Waals surface area (Å²) in [7, 11) is -0.329. The van der Waals surface area contributed by atoms with Gasteiger partial charge in [0.15, 0.2) is 0 Å². The predicted molar refractivity (Wildman–Crippen MR) is 77.5 cm³/mol. The normalized spacial score (nSPS) is 13.0. The molecule has 1 amide bonds. The van der Waals surface area contributed by atoms with Crippen LogP contribution in [0.2, 0.25) is 0 Å². The Morgan fingerprint density at radius 1 is 1.30 bits per heavy atom. The minimum absolute atomic E-state index is 0.0778. The Morgan fingerprint density at radius 3 is 2.30 bits per heavy atom. The number of carbonyl (C=O) groups is 1. The monoisotopic (exact) mass is 299 g/mol. The van der Waals surface area contributed by atoms with Crippen LogP contribution in [0, 0.1) is 0 Å². The number of rotatable bonds is 6. The highest BCUT2D eigenvalue weighted by atomic mass is 32.2. The molecule has 1 aromatic rings. The molecule has 0 spiro atoms. The van der Waals surface area contributed by atoms with Gasteiger partial charge in [0.05, 0.1) is 4.90 Å². The summed E-state index contributed by atoms with van der Waals surface area (Å²) in [6, 6.07) is 6.25. The first kappa shape index (κ1) is 16.6. The molecule has 0 saturated carbocycles. The second-order valence-corrected chi connectivity index (χ2v) is 6.56. The number of nitrogens with zero attached hydrogens (tertiary/aromatic N) is 1. The van der Waals surface area contributed by atoms with E-state index < -0.39 is 10.0 Å². The summed E-state index contributed by atoms with van der Waals surface area (Å²) in [4.78, 5) is 13.0. The summed E-state index contributed by atoms with van der Waals surface area (Å²) in [5, 5.41) is 0. The van der Waals surface area contributed by atoms with Gasteiger partial charge in [-0.1, -0.05) is 12.1 Å². The fourth-order valence-corrected chi connectivity index (χ4v) is 2.58. The summed E-state index contributed by atoms with van der Waals surface area (Å²) in [5.41, 5.74) is 6.57. The first-order valence-corrected chi connectivity index (χ1v) is 7.77. The van der Waals surface area contributed by atoms with E-state index in [1.54, 1.807) is 26.2 Å². The average Bonchev–Trinajstić information content (AvgIpc) is 2.38. The number of nitrogens with one attached hydrogen (secondary N) is 1. The van der Waals surface area contributed by atoms with Crippen molar-refractivity contribution in [2.45, 2.75) is 24.3 Å². The van der Waals surface area contributed by atoms with E-state index in [4.69, 9.17) is 5.73 Å². The van der Waals surface area contributed by atoms with E-state index in [1.165, 1.54) is 17.0 Å². The van der Waals surface area contributed by atoms with Gasteiger partial charge in [0.1, 0.15) is 0 Å². The topological polar surface area (TPSA) is 92.5 Å². The molecular weight excluding hydrogens is 278 g/mol. The molecule has 20 heavy (non-hydrogen) atoms. The quantitative estimate of drug-likeness (QED) is 0.798. The number of nitrogens with two attached hydrogens (primary N) is 1. The standard InChI is InChI=1S/C13H21N3O3S/c1-10(14)11-4-6-12(7-5-11)20(18,19)15-9-8-13(17)16(2)3/h4-7,10,15H,8-9,14H2,1-3H3. The lowest BCUT2D eigenvalue weighted by molar-refractivity contribution is -0.128. The first-order valence-electron chi connectivity index (χ1n) is 6.29. The zero-order valence-electron chi connectivity index (χ0n) is 12.0. The van der Waals surface area contributed by atoms with Crippen LogP contribution in [0.25, 0.3) is 0 Å².